The lowest BCUT2D eigenvalue weighted by molar-refractivity contribution is 0.581. The van der Waals surface area contributed by atoms with Gasteiger partial charge in [0.05, 0.1) is 11.4 Å². The van der Waals surface area contributed by atoms with Gasteiger partial charge >= 0.3 is 0 Å². The number of nitrogens with zero attached hydrogens (tertiary/aromatic N) is 1. The summed E-state index contributed by atoms with van der Waals surface area (Å²) in [5, 5.41) is 0. The standard InChI is InChI=1S/C15H15FN2O2S/c1-10-9-11-5-2-3-7-13(11)18(10)21(19,20)14-8-4-6-12(16)15(14)17/h2-8,10H,9,17H2,1H3. The highest BCUT2D eigenvalue weighted by Gasteiger charge is 2.37. The van der Waals surface area contributed by atoms with Crippen LogP contribution in [0.25, 0.3) is 0 Å². The number of para-hydroxylation sites is 2. The summed E-state index contributed by atoms with van der Waals surface area (Å²) in [7, 11) is -3.89. The number of fused-ring (bicyclic) bond motifs is 1. The van der Waals surface area contributed by atoms with Crippen molar-refractivity contribution in [3.63, 3.8) is 0 Å². The third-order valence-corrected chi connectivity index (χ3v) is 5.68. The third-order valence-electron chi connectivity index (χ3n) is 3.69. The number of sulfonamides is 1. The van der Waals surface area contributed by atoms with Crippen LogP contribution in [0.15, 0.2) is 47.4 Å². The Balaban J connectivity index is 2.17. The van der Waals surface area contributed by atoms with Crippen LogP contribution in [0.4, 0.5) is 15.8 Å². The van der Waals surface area contributed by atoms with E-state index in [1.807, 2.05) is 19.1 Å². The Morgan fingerprint density at radius 3 is 2.67 bits per heavy atom. The van der Waals surface area contributed by atoms with Crippen molar-refractivity contribution in [3.8, 4) is 0 Å². The van der Waals surface area contributed by atoms with E-state index >= 15 is 0 Å². The van der Waals surface area contributed by atoms with Crippen molar-refractivity contribution in [1.29, 1.82) is 0 Å². The van der Waals surface area contributed by atoms with E-state index in [-0.39, 0.29) is 16.6 Å². The second-order valence-electron chi connectivity index (χ2n) is 5.13. The maximum atomic E-state index is 13.6. The Hall–Kier alpha value is -2.08. The number of hydrogen-bond donors (Lipinski definition) is 1. The van der Waals surface area contributed by atoms with Crippen LogP contribution in [0, 0.1) is 5.82 Å². The molecule has 0 aromatic heterocycles. The highest BCUT2D eigenvalue weighted by molar-refractivity contribution is 7.93. The lowest BCUT2D eigenvalue weighted by Gasteiger charge is -2.25. The minimum Gasteiger partial charge on any atom is -0.395 e. The number of nitrogen functional groups attached to an aromatic ring is 1. The number of benzene rings is 2. The van der Waals surface area contributed by atoms with Crippen LogP contribution >= 0.6 is 0 Å². The number of hydrogen-bond acceptors (Lipinski definition) is 3. The van der Waals surface area contributed by atoms with E-state index < -0.39 is 15.8 Å². The lowest BCUT2D eigenvalue weighted by Crippen LogP contribution is -2.36. The zero-order valence-corrected chi connectivity index (χ0v) is 12.3. The van der Waals surface area contributed by atoms with Gasteiger partial charge in [-0.3, -0.25) is 4.31 Å². The van der Waals surface area contributed by atoms with Crippen LogP contribution in [0.3, 0.4) is 0 Å². The first kappa shape index (κ1) is 13.9. The van der Waals surface area contributed by atoms with Crippen molar-refractivity contribution in [2.24, 2.45) is 0 Å². The molecule has 0 spiro atoms. The molecule has 2 aromatic rings. The van der Waals surface area contributed by atoms with E-state index in [9.17, 15) is 12.8 Å². The van der Waals surface area contributed by atoms with Crippen LogP contribution in [0.2, 0.25) is 0 Å². The molecule has 0 bridgehead atoms. The number of nitrogens with two attached hydrogens (primary N) is 1. The minimum atomic E-state index is -3.89. The molecule has 21 heavy (non-hydrogen) atoms. The van der Waals surface area contributed by atoms with Crippen LogP contribution in [-0.2, 0) is 16.4 Å². The molecule has 1 aliphatic heterocycles. The summed E-state index contributed by atoms with van der Waals surface area (Å²) in [6.45, 7) is 1.83. The molecule has 0 saturated heterocycles. The summed E-state index contributed by atoms with van der Waals surface area (Å²) < 4.78 is 40.6. The van der Waals surface area contributed by atoms with Gasteiger partial charge in [-0.25, -0.2) is 12.8 Å². The number of anilines is 2. The molecule has 4 nitrogen and oxygen atoms in total. The molecule has 110 valence electrons. The average molecular weight is 306 g/mol. The van der Waals surface area contributed by atoms with Crippen LogP contribution < -0.4 is 10.0 Å². The first-order valence-corrected chi connectivity index (χ1v) is 8.03. The lowest BCUT2D eigenvalue weighted by atomic mass is 10.1. The van der Waals surface area contributed by atoms with Crippen molar-refractivity contribution < 1.29 is 12.8 Å². The normalized spacial score (nSPS) is 17.8. The molecule has 1 atom stereocenters. The van der Waals surface area contributed by atoms with E-state index in [1.54, 1.807) is 12.1 Å². The van der Waals surface area contributed by atoms with Gasteiger partial charge in [0.25, 0.3) is 10.0 Å². The Kier molecular flexibility index (Phi) is 3.13. The fourth-order valence-electron chi connectivity index (χ4n) is 2.75. The summed E-state index contributed by atoms with van der Waals surface area (Å²) >= 11 is 0. The molecule has 0 aliphatic carbocycles. The molecule has 0 radical (unpaired) electrons. The first-order valence-electron chi connectivity index (χ1n) is 6.59. The first-order chi connectivity index (χ1) is 9.93. The molecule has 1 unspecified atom stereocenters. The van der Waals surface area contributed by atoms with Gasteiger partial charge in [0, 0.05) is 6.04 Å². The van der Waals surface area contributed by atoms with Gasteiger partial charge in [-0.15, -0.1) is 0 Å². The second-order valence-corrected chi connectivity index (χ2v) is 6.92. The van der Waals surface area contributed by atoms with Gasteiger partial charge in [0.1, 0.15) is 10.7 Å². The summed E-state index contributed by atoms with van der Waals surface area (Å²) in [4.78, 5) is -0.189. The number of rotatable bonds is 2. The van der Waals surface area contributed by atoms with Crippen molar-refractivity contribution >= 4 is 21.4 Å². The maximum Gasteiger partial charge on any atom is 0.266 e. The van der Waals surface area contributed by atoms with Gasteiger partial charge in [-0.05, 0) is 37.1 Å². The maximum absolute atomic E-state index is 13.6. The van der Waals surface area contributed by atoms with Crippen molar-refractivity contribution in [2.75, 3.05) is 10.0 Å². The second kappa shape index (κ2) is 4.73. The van der Waals surface area contributed by atoms with Crippen LogP contribution in [0.1, 0.15) is 12.5 Å². The van der Waals surface area contributed by atoms with Crippen LogP contribution in [-0.4, -0.2) is 14.5 Å². The quantitative estimate of drug-likeness (QED) is 0.867. The van der Waals surface area contributed by atoms with E-state index in [0.29, 0.717) is 12.1 Å². The third kappa shape index (κ3) is 2.06. The monoisotopic (exact) mass is 306 g/mol. The Bertz CT molecular complexity index is 805. The fraction of sp³-hybridized carbons (Fsp3) is 0.200. The Morgan fingerprint density at radius 1 is 1.19 bits per heavy atom. The molecule has 1 heterocycles. The molecule has 2 N–H and O–H groups in total. The molecule has 3 rings (SSSR count). The highest BCUT2D eigenvalue weighted by Crippen LogP contribution is 2.37. The van der Waals surface area contributed by atoms with Crippen molar-refractivity contribution in [2.45, 2.75) is 24.3 Å². The molecule has 1 aliphatic rings. The van der Waals surface area contributed by atoms with Gasteiger partial charge in [0.2, 0.25) is 0 Å². The topological polar surface area (TPSA) is 63.4 Å². The van der Waals surface area contributed by atoms with E-state index in [2.05, 4.69) is 0 Å². The predicted molar refractivity (Wildman–Crippen MR) is 80.1 cm³/mol. The molecule has 6 heteroatoms. The van der Waals surface area contributed by atoms with E-state index in [1.165, 1.54) is 16.4 Å². The smallest absolute Gasteiger partial charge is 0.266 e. The van der Waals surface area contributed by atoms with Gasteiger partial charge in [-0.2, -0.15) is 0 Å². The fourth-order valence-corrected chi connectivity index (χ4v) is 4.57. The minimum absolute atomic E-state index is 0.189. The molecule has 0 saturated carbocycles. The zero-order valence-electron chi connectivity index (χ0n) is 11.5. The summed E-state index contributed by atoms with van der Waals surface area (Å²) in [6, 6.07) is 10.9. The largest absolute Gasteiger partial charge is 0.395 e. The number of halogens is 1. The molecular formula is C15H15FN2O2S. The van der Waals surface area contributed by atoms with Gasteiger partial charge in [0.15, 0.2) is 0 Å². The summed E-state index contributed by atoms with van der Waals surface area (Å²) in [5.41, 5.74) is 6.88. The van der Waals surface area contributed by atoms with Crippen LogP contribution in [0.5, 0.6) is 0 Å². The van der Waals surface area contributed by atoms with E-state index in [0.717, 1.165) is 11.6 Å². The van der Waals surface area contributed by atoms with Gasteiger partial charge < -0.3 is 5.73 Å². The van der Waals surface area contributed by atoms with E-state index in [4.69, 9.17) is 5.73 Å². The Morgan fingerprint density at radius 2 is 1.90 bits per heavy atom. The molecule has 0 amide bonds. The summed E-state index contributed by atoms with van der Waals surface area (Å²) in [6.07, 6.45) is 0.630. The Labute approximate surface area is 123 Å². The van der Waals surface area contributed by atoms with Gasteiger partial charge in [-0.1, -0.05) is 24.3 Å². The average Bonchev–Trinajstić information content (AvgIpc) is 2.78. The SMILES string of the molecule is CC1Cc2ccccc2N1S(=O)(=O)c1cccc(F)c1N. The van der Waals surface area contributed by atoms with Crippen molar-refractivity contribution in [3.05, 3.63) is 53.8 Å². The molecule has 2 aromatic carbocycles. The molecule has 0 fully saturated rings. The predicted octanol–water partition coefficient (Wildman–Crippen LogP) is 2.55. The van der Waals surface area contributed by atoms with Crippen molar-refractivity contribution in [1.82, 2.24) is 0 Å². The molecular weight excluding hydrogens is 291 g/mol. The zero-order chi connectivity index (χ0) is 15.2. The highest BCUT2D eigenvalue weighted by atomic mass is 32.2. The summed E-state index contributed by atoms with van der Waals surface area (Å²) in [5.74, 6) is -0.726.